The molecule has 4 nitrogen and oxygen atoms in total. The fourth-order valence-corrected chi connectivity index (χ4v) is 4.04. The Morgan fingerprint density at radius 1 is 1.04 bits per heavy atom. The lowest BCUT2D eigenvalue weighted by molar-refractivity contribution is 0.590. The van der Waals surface area contributed by atoms with Gasteiger partial charge in [-0.15, -0.1) is 0 Å². The van der Waals surface area contributed by atoms with Crippen LogP contribution in [0.3, 0.4) is 0 Å². The van der Waals surface area contributed by atoms with Gasteiger partial charge in [0.2, 0.25) is 0 Å². The largest absolute Gasteiger partial charge is 0.264 e. The summed E-state index contributed by atoms with van der Waals surface area (Å²) in [7, 11) is -3.80. The highest BCUT2D eigenvalue weighted by Gasteiger charge is 2.25. The first-order valence-corrected chi connectivity index (χ1v) is 9.15. The van der Waals surface area contributed by atoms with Crippen molar-refractivity contribution >= 4 is 15.7 Å². The SMILES string of the molecule is Cc1cccc(S(=O)(=O)N(Cc2cccnc2)c2ccc(F)cc2)c1. The quantitative estimate of drug-likeness (QED) is 0.696. The summed E-state index contributed by atoms with van der Waals surface area (Å²) in [6.07, 6.45) is 3.24. The number of pyridine rings is 1. The van der Waals surface area contributed by atoms with E-state index < -0.39 is 15.8 Å². The maximum atomic E-state index is 13.3. The molecule has 0 amide bonds. The molecule has 1 heterocycles. The summed E-state index contributed by atoms with van der Waals surface area (Å²) in [5, 5.41) is 0. The van der Waals surface area contributed by atoms with Crippen LogP contribution in [0.4, 0.5) is 10.1 Å². The smallest absolute Gasteiger partial charge is 0.264 e. The van der Waals surface area contributed by atoms with E-state index in [-0.39, 0.29) is 11.4 Å². The van der Waals surface area contributed by atoms with Crippen molar-refractivity contribution in [2.75, 3.05) is 4.31 Å². The maximum Gasteiger partial charge on any atom is 0.264 e. The molecule has 25 heavy (non-hydrogen) atoms. The van der Waals surface area contributed by atoms with E-state index in [9.17, 15) is 12.8 Å². The minimum Gasteiger partial charge on any atom is -0.264 e. The van der Waals surface area contributed by atoms with E-state index in [0.717, 1.165) is 11.1 Å². The molecule has 0 aliphatic rings. The summed E-state index contributed by atoms with van der Waals surface area (Å²) >= 11 is 0. The summed E-state index contributed by atoms with van der Waals surface area (Å²) in [4.78, 5) is 4.23. The Bertz CT molecular complexity index is 958. The standard InChI is InChI=1S/C19H17FN2O2S/c1-15-4-2-6-19(12-15)25(23,24)22(14-16-5-3-11-21-13-16)18-9-7-17(20)8-10-18/h2-13H,14H2,1H3. The third-order valence-electron chi connectivity index (χ3n) is 3.74. The zero-order valence-corrected chi connectivity index (χ0v) is 14.4. The molecule has 0 unspecified atom stereocenters. The summed E-state index contributed by atoms with van der Waals surface area (Å²) in [5.41, 5.74) is 1.98. The molecule has 1 aromatic heterocycles. The van der Waals surface area contributed by atoms with Gasteiger partial charge < -0.3 is 0 Å². The number of hydrogen-bond donors (Lipinski definition) is 0. The summed E-state index contributed by atoms with van der Waals surface area (Å²) in [5.74, 6) is -0.418. The van der Waals surface area contributed by atoms with Gasteiger partial charge in [-0.1, -0.05) is 18.2 Å². The van der Waals surface area contributed by atoms with Crippen LogP contribution < -0.4 is 4.31 Å². The first kappa shape index (κ1) is 17.1. The first-order valence-electron chi connectivity index (χ1n) is 7.71. The lowest BCUT2D eigenvalue weighted by Gasteiger charge is -2.24. The molecule has 3 rings (SSSR count). The molecule has 0 spiro atoms. The number of benzene rings is 2. The monoisotopic (exact) mass is 356 g/mol. The molecule has 3 aromatic rings. The maximum absolute atomic E-state index is 13.3. The lowest BCUT2D eigenvalue weighted by Crippen LogP contribution is -2.30. The summed E-state index contributed by atoms with van der Waals surface area (Å²) in [6.45, 7) is 1.94. The normalized spacial score (nSPS) is 11.3. The number of aromatic nitrogens is 1. The third-order valence-corrected chi connectivity index (χ3v) is 5.51. The Kier molecular flexibility index (Phi) is 4.81. The van der Waals surface area contributed by atoms with Crippen molar-refractivity contribution in [2.24, 2.45) is 0 Å². The second-order valence-corrected chi connectivity index (χ2v) is 7.53. The predicted molar refractivity (Wildman–Crippen MR) is 95.2 cm³/mol. The average molecular weight is 356 g/mol. The van der Waals surface area contributed by atoms with Crippen molar-refractivity contribution in [3.63, 3.8) is 0 Å². The van der Waals surface area contributed by atoms with Crippen LogP contribution in [-0.4, -0.2) is 13.4 Å². The van der Waals surface area contributed by atoms with Gasteiger partial charge in [0.15, 0.2) is 0 Å². The van der Waals surface area contributed by atoms with Gasteiger partial charge in [-0.25, -0.2) is 12.8 Å². The van der Waals surface area contributed by atoms with Crippen molar-refractivity contribution < 1.29 is 12.8 Å². The minimum atomic E-state index is -3.80. The Morgan fingerprint density at radius 2 is 1.80 bits per heavy atom. The van der Waals surface area contributed by atoms with E-state index in [4.69, 9.17) is 0 Å². The predicted octanol–water partition coefficient (Wildman–Crippen LogP) is 3.92. The molecule has 0 aliphatic heterocycles. The van der Waals surface area contributed by atoms with Crippen LogP contribution >= 0.6 is 0 Å². The molecule has 0 radical (unpaired) electrons. The molecule has 0 N–H and O–H groups in total. The number of sulfonamides is 1. The van der Waals surface area contributed by atoms with E-state index in [1.807, 2.05) is 13.0 Å². The highest BCUT2D eigenvalue weighted by Crippen LogP contribution is 2.26. The van der Waals surface area contributed by atoms with Gasteiger partial charge in [-0.05, 0) is 60.5 Å². The molecule has 0 aliphatic carbocycles. The van der Waals surface area contributed by atoms with Gasteiger partial charge in [0.25, 0.3) is 10.0 Å². The number of rotatable bonds is 5. The first-order chi connectivity index (χ1) is 12.0. The zero-order chi connectivity index (χ0) is 17.9. The molecule has 0 bridgehead atoms. The van der Waals surface area contributed by atoms with Crippen molar-refractivity contribution in [2.45, 2.75) is 18.4 Å². The molecule has 2 aromatic carbocycles. The number of aryl methyl sites for hydroxylation is 1. The van der Waals surface area contributed by atoms with Crippen molar-refractivity contribution in [1.82, 2.24) is 4.98 Å². The van der Waals surface area contributed by atoms with Crippen LogP contribution in [0.5, 0.6) is 0 Å². The highest BCUT2D eigenvalue weighted by molar-refractivity contribution is 7.92. The lowest BCUT2D eigenvalue weighted by atomic mass is 10.2. The van der Waals surface area contributed by atoms with Crippen LogP contribution in [0, 0.1) is 12.7 Å². The second kappa shape index (κ2) is 7.03. The average Bonchev–Trinajstić information content (AvgIpc) is 2.61. The minimum absolute atomic E-state index is 0.107. The van der Waals surface area contributed by atoms with Crippen molar-refractivity contribution in [3.8, 4) is 0 Å². The Labute approximate surface area is 146 Å². The van der Waals surface area contributed by atoms with E-state index in [1.54, 1.807) is 42.7 Å². The molecule has 0 fully saturated rings. The van der Waals surface area contributed by atoms with Crippen LogP contribution in [0.25, 0.3) is 0 Å². The third kappa shape index (κ3) is 3.85. The molecular weight excluding hydrogens is 339 g/mol. The Balaban J connectivity index is 2.08. The van der Waals surface area contributed by atoms with Gasteiger partial charge in [-0.2, -0.15) is 0 Å². The second-order valence-electron chi connectivity index (χ2n) is 5.67. The Hall–Kier alpha value is -2.73. The van der Waals surface area contributed by atoms with Gasteiger partial charge in [0.05, 0.1) is 17.1 Å². The summed E-state index contributed by atoms with van der Waals surface area (Å²) < 4.78 is 40.9. The van der Waals surface area contributed by atoms with Crippen LogP contribution in [0.1, 0.15) is 11.1 Å². The van der Waals surface area contributed by atoms with Crippen molar-refractivity contribution in [1.29, 1.82) is 0 Å². The van der Waals surface area contributed by atoms with Gasteiger partial charge in [0, 0.05) is 12.4 Å². The van der Waals surface area contributed by atoms with Gasteiger partial charge in [-0.3, -0.25) is 9.29 Å². The van der Waals surface area contributed by atoms with Crippen LogP contribution in [-0.2, 0) is 16.6 Å². The van der Waals surface area contributed by atoms with Gasteiger partial charge in [0.1, 0.15) is 5.82 Å². The van der Waals surface area contributed by atoms with Crippen LogP contribution in [0.15, 0.2) is 78.0 Å². The number of nitrogens with zero attached hydrogens (tertiary/aromatic N) is 2. The fraction of sp³-hybridized carbons (Fsp3) is 0.105. The highest BCUT2D eigenvalue weighted by atomic mass is 32.2. The number of halogens is 1. The molecule has 0 saturated carbocycles. The molecule has 128 valence electrons. The fourth-order valence-electron chi connectivity index (χ4n) is 2.48. The topological polar surface area (TPSA) is 50.3 Å². The van der Waals surface area contributed by atoms with E-state index in [2.05, 4.69) is 4.98 Å². The molecule has 6 heteroatoms. The number of anilines is 1. The van der Waals surface area contributed by atoms with E-state index >= 15 is 0 Å². The number of hydrogen-bond acceptors (Lipinski definition) is 3. The molecule has 0 atom stereocenters. The summed E-state index contributed by atoms with van der Waals surface area (Å²) in [6, 6.07) is 15.7. The molecular formula is C19H17FN2O2S. The molecule has 0 saturated heterocycles. The zero-order valence-electron chi connectivity index (χ0n) is 13.6. The van der Waals surface area contributed by atoms with Crippen molar-refractivity contribution in [3.05, 3.63) is 90.0 Å². The van der Waals surface area contributed by atoms with E-state index in [0.29, 0.717) is 5.69 Å². The Morgan fingerprint density at radius 3 is 2.44 bits per heavy atom. The van der Waals surface area contributed by atoms with E-state index in [1.165, 1.54) is 28.6 Å². The van der Waals surface area contributed by atoms with Gasteiger partial charge >= 0.3 is 0 Å². The van der Waals surface area contributed by atoms with Crippen LogP contribution in [0.2, 0.25) is 0 Å².